The van der Waals surface area contributed by atoms with Crippen molar-refractivity contribution in [3.63, 3.8) is 0 Å². The van der Waals surface area contributed by atoms with Gasteiger partial charge in [-0.3, -0.25) is 4.79 Å². The number of benzene rings is 2. The van der Waals surface area contributed by atoms with Crippen molar-refractivity contribution < 1.29 is 17.5 Å². The fourth-order valence-electron chi connectivity index (χ4n) is 4.92. The molecule has 2 aliphatic rings. The Morgan fingerprint density at radius 1 is 1.03 bits per heavy atom. The molecule has 0 saturated carbocycles. The lowest BCUT2D eigenvalue weighted by Gasteiger charge is -2.36. The standard InChI is InChI=1S/C26H29FN4O4S/c1-2-14-36(33,34)30-12-10-29(11-13-30)24-18-28-31(22-9-5-8-21(27)17-22)26(32)25(24)35-23-15-19-6-3-4-7-20(19)16-23/h3-9,17-18,23H,2,10-16H2,1H3. The Morgan fingerprint density at radius 3 is 2.36 bits per heavy atom. The highest BCUT2D eigenvalue weighted by Crippen LogP contribution is 2.30. The zero-order chi connectivity index (χ0) is 25.3. The molecule has 10 heteroatoms. The first-order valence-corrected chi connectivity index (χ1v) is 13.8. The molecule has 5 rings (SSSR count). The van der Waals surface area contributed by atoms with Crippen LogP contribution in [-0.4, -0.2) is 60.5 Å². The molecule has 2 heterocycles. The van der Waals surface area contributed by atoms with E-state index in [0.717, 1.165) is 4.68 Å². The van der Waals surface area contributed by atoms with E-state index in [9.17, 15) is 17.6 Å². The van der Waals surface area contributed by atoms with E-state index < -0.39 is 21.4 Å². The summed E-state index contributed by atoms with van der Waals surface area (Å²) in [5, 5.41) is 4.32. The molecule has 0 bridgehead atoms. The van der Waals surface area contributed by atoms with Gasteiger partial charge in [-0.2, -0.15) is 14.1 Å². The van der Waals surface area contributed by atoms with Gasteiger partial charge in [-0.1, -0.05) is 37.3 Å². The van der Waals surface area contributed by atoms with E-state index in [0.29, 0.717) is 56.8 Å². The van der Waals surface area contributed by atoms with Crippen LogP contribution in [0.3, 0.4) is 0 Å². The molecule has 0 N–H and O–H groups in total. The van der Waals surface area contributed by atoms with Gasteiger partial charge >= 0.3 is 5.56 Å². The number of halogens is 1. The van der Waals surface area contributed by atoms with Gasteiger partial charge < -0.3 is 9.64 Å². The SMILES string of the molecule is CCCS(=O)(=O)N1CCN(c2cnn(-c3cccc(F)c3)c(=O)c2OC2Cc3ccccc3C2)CC1. The van der Waals surface area contributed by atoms with E-state index in [2.05, 4.69) is 17.2 Å². The first-order valence-electron chi connectivity index (χ1n) is 12.2. The average molecular weight is 513 g/mol. The van der Waals surface area contributed by atoms with Crippen LogP contribution in [0.25, 0.3) is 5.69 Å². The van der Waals surface area contributed by atoms with Crippen molar-refractivity contribution in [1.29, 1.82) is 0 Å². The largest absolute Gasteiger partial charge is 0.482 e. The number of anilines is 1. The molecule has 1 aliphatic carbocycles. The van der Waals surface area contributed by atoms with Crippen molar-refractivity contribution in [2.24, 2.45) is 0 Å². The summed E-state index contributed by atoms with van der Waals surface area (Å²) in [4.78, 5) is 15.6. The summed E-state index contributed by atoms with van der Waals surface area (Å²) in [5.41, 5.74) is 2.74. The minimum atomic E-state index is -3.29. The van der Waals surface area contributed by atoms with Crippen LogP contribution < -0.4 is 15.2 Å². The van der Waals surface area contributed by atoms with Crippen LogP contribution in [0.15, 0.2) is 59.5 Å². The summed E-state index contributed by atoms with van der Waals surface area (Å²) in [6.45, 7) is 3.32. The average Bonchev–Trinajstić information content (AvgIpc) is 3.28. The molecule has 0 amide bonds. The summed E-state index contributed by atoms with van der Waals surface area (Å²) in [6, 6.07) is 13.8. The fourth-order valence-corrected chi connectivity index (χ4v) is 6.41. The first kappa shape index (κ1) is 24.5. The van der Waals surface area contributed by atoms with Gasteiger partial charge in [0, 0.05) is 39.0 Å². The maximum Gasteiger partial charge on any atom is 0.316 e. The number of hydrogen-bond acceptors (Lipinski definition) is 6. The lowest BCUT2D eigenvalue weighted by Crippen LogP contribution is -2.49. The third-order valence-electron chi connectivity index (χ3n) is 6.70. The molecule has 190 valence electrons. The number of rotatable bonds is 7. The Labute approximate surface area is 210 Å². The summed E-state index contributed by atoms with van der Waals surface area (Å²) in [6.07, 6.45) is 3.26. The molecule has 3 aromatic rings. The third-order valence-corrected chi connectivity index (χ3v) is 8.78. The smallest absolute Gasteiger partial charge is 0.316 e. The molecule has 36 heavy (non-hydrogen) atoms. The van der Waals surface area contributed by atoms with Gasteiger partial charge in [-0.15, -0.1) is 0 Å². The molecule has 0 atom stereocenters. The quantitative estimate of drug-likeness (QED) is 0.484. The van der Waals surface area contributed by atoms with Gasteiger partial charge in [0.25, 0.3) is 0 Å². The molecule has 1 saturated heterocycles. The van der Waals surface area contributed by atoms with Crippen molar-refractivity contribution in [2.45, 2.75) is 32.3 Å². The van der Waals surface area contributed by atoms with Gasteiger partial charge in [0.1, 0.15) is 17.6 Å². The summed E-state index contributed by atoms with van der Waals surface area (Å²) in [5.74, 6) is -0.199. The molecule has 0 radical (unpaired) electrons. The second-order valence-corrected chi connectivity index (χ2v) is 11.3. The van der Waals surface area contributed by atoms with Crippen LogP contribution in [-0.2, 0) is 22.9 Å². The Bertz CT molecular complexity index is 1390. The maximum absolute atomic E-state index is 13.9. The highest BCUT2D eigenvalue weighted by molar-refractivity contribution is 7.89. The van der Waals surface area contributed by atoms with E-state index in [-0.39, 0.29) is 17.6 Å². The van der Waals surface area contributed by atoms with Gasteiger partial charge in [-0.25, -0.2) is 12.8 Å². The van der Waals surface area contributed by atoms with E-state index in [1.165, 1.54) is 33.6 Å². The Morgan fingerprint density at radius 2 is 1.72 bits per heavy atom. The van der Waals surface area contributed by atoms with Crippen molar-refractivity contribution >= 4 is 15.7 Å². The molecule has 1 aliphatic heterocycles. The first-order chi connectivity index (χ1) is 17.4. The van der Waals surface area contributed by atoms with Gasteiger partial charge in [0.2, 0.25) is 15.8 Å². The number of fused-ring (bicyclic) bond motifs is 1. The van der Waals surface area contributed by atoms with E-state index in [4.69, 9.17) is 4.74 Å². The van der Waals surface area contributed by atoms with Crippen molar-refractivity contribution in [3.05, 3.63) is 82.0 Å². The number of nitrogens with zero attached hydrogens (tertiary/aromatic N) is 4. The van der Waals surface area contributed by atoms with E-state index in [1.807, 2.05) is 24.0 Å². The van der Waals surface area contributed by atoms with Crippen molar-refractivity contribution in [3.8, 4) is 11.4 Å². The second-order valence-electron chi connectivity index (χ2n) is 9.17. The number of hydrogen-bond donors (Lipinski definition) is 0. The van der Waals surface area contributed by atoms with Crippen LogP contribution >= 0.6 is 0 Å². The van der Waals surface area contributed by atoms with E-state index >= 15 is 0 Å². The normalized spacial score (nSPS) is 16.8. The number of aromatic nitrogens is 2. The second kappa shape index (κ2) is 10.0. The lowest BCUT2D eigenvalue weighted by atomic mass is 10.1. The van der Waals surface area contributed by atoms with Crippen LogP contribution in [0.2, 0.25) is 0 Å². The minimum absolute atomic E-state index is 0.120. The Kier molecular flexibility index (Phi) is 6.81. The highest BCUT2D eigenvalue weighted by Gasteiger charge is 2.31. The van der Waals surface area contributed by atoms with Crippen LogP contribution in [0.1, 0.15) is 24.5 Å². The molecule has 8 nitrogen and oxygen atoms in total. The summed E-state index contributed by atoms with van der Waals surface area (Å²) < 4.78 is 47.9. The maximum atomic E-state index is 13.9. The fraction of sp³-hybridized carbons (Fsp3) is 0.385. The highest BCUT2D eigenvalue weighted by atomic mass is 32.2. The van der Waals surface area contributed by atoms with Gasteiger partial charge in [-0.05, 0) is 35.7 Å². The number of ether oxygens (including phenoxy) is 1. The van der Waals surface area contributed by atoms with Crippen LogP contribution in [0.5, 0.6) is 5.75 Å². The zero-order valence-corrected chi connectivity index (χ0v) is 21.0. The van der Waals surface area contributed by atoms with Crippen LogP contribution in [0.4, 0.5) is 10.1 Å². The monoisotopic (exact) mass is 512 g/mol. The number of sulfonamides is 1. The van der Waals surface area contributed by atoms with Crippen LogP contribution in [0, 0.1) is 5.82 Å². The summed E-state index contributed by atoms with van der Waals surface area (Å²) >= 11 is 0. The van der Waals surface area contributed by atoms with Gasteiger partial charge in [0.15, 0.2) is 0 Å². The van der Waals surface area contributed by atoms with E-state index in [1.54, 1.807) is 12.3 Å². The topological polar surface area (TPSA) is 84.7 Å². The minimum Gasteiger partial charge on any atom is -0.482 e. The molecule has 0 spiro atoms. The Balaban J connectivity index is 1.46. The van der Waals surface area contributed by atoms with Gasteiger partial charge in [0.05, 0.1) is 17.6 Å². The van der Waals surface area contributed by atoms with Crippen molar-refractivity contribution in [2.75, 3.05) is 36.8 Å². The predicted octanol–water partition coefficient (Wildman–Crippen LogP) is 2.78. The Hall–Kier alpha value is -3.24. The predicted molar refractivity (Wildman–Crippen MR) is 136 cm³/mol. The third kappa shape index (κ3) is 4.87. The zero-order valence-electron chi connectivity index (χ0n) is 20.1. The summed E-state index contributed by atoms with van der Waals surface area (Å²) in [7, 11) is -3.29. The molecule has 2 aromatic carbocycles. The molecular weight excluding hydrogens is 483 g/mol. The molecule has 1 aromatic heterocycles. The molecular formula is C26H29FN4O4S. The molecule has 1 fully saturated rings. The number of piperazine rings is 1. The lowest BCUT2D eigenvalue weighted by molar-refractivity contribution is 0.209. The van der Waals surface area contributed by atoms with Crippen molar-refractivity contribution in [1.82, 2.24) is 14.1 Å². The molecule has 0 unspecified atom stereocenters.